The SMILES string of the molecule is CNc1cc([C@@H](Cc2c[nH]c3ccccc23)NC(=O)c2ccccc2OC)nc(C2CC2)n1. The Labute approximate surface area is 192 Å². The lowest BCUT2D eigenvalue weighted by Crippen LogP contribution is -2.31. The molecule has 1 amide bonds. The molecular formula is C26H27N5O2. The lowest BCUT2D eigenvalue weighted by molar-refractivity contribution is 0.0932. The van der Waals surface area contributed by atoms with Crippen molar-refractivity contribution >= 4 is 22.6 Å². The van der Waals surface area contributed by atoms with E-state index in [9.17, 15) is 4.79 Å². The summed E-state index contributed by atoms with van der Waals surface area (Å²) in [6.45, 7) is 0. The molecule has 4 aromatic rings. The topological polar surface area (TPSA) is 91.9 Å². The summed E-state index contributed by atoms with van der Waals surface area (Å²) in [7, 11) is 3.42. The van der Waals surface area contributed by atoms with Crippen molar-refractivity contribution in [3.63, 3.8) is 0 Å². The molecule has 0 radical (unpaired) electrons. The van der Waals surface area contributed by atoms with E-state index in [4.69, 9.17) is 9.72 Å². The molecule has 2 heterocycles. The number of benzene rings is 2. The third-order valence-corrected chi connectivity index (χ3v) is 6.07. The average Bonchev–Trinajstić information content (AvgIpc) is 3.64. The van der Waals surface area contributed by atoms with Gasteiger partial charge in [0.2, 0.25) is 0 Å². The van der Waals surface area contributed by atoms with Crippen LogP contribution in [-0.4, -0.2) is 35.0 Å². The minimum atomic E-state index is -0.339. The first-order chi connectivity index (χ1) is 16.2. The smallest absolute Gasteiger partial charge is 0.255 e. The Morgan fingerprint density at radius 1 is 1.15 bits per heavy atom. The van der Waals surface area contributed by atoms with Gasteiger partial charge < -0.3 is 20.4 Å². The molecule has 0 unspecified atom stereocenters. The summed E-state index contributed by atoms with van der Waals surface area (Å²) in [5.41, 5.74) is 3.48. The van der Waals surface area contributed by atoms with E-state index in [0.29, 0.717) is 23.7 Å². The van der Waals surface area contributed by atoms with Crippen molar-refractivity contribution < 1.29 is 9.53 Å². The molecule has 33 heavy (non-hydrogen) atoms. The highest BCUT2D eigenvalue weighted by molar-refractivity contribution is 5.97. The van der Waals surface area contributed by atoms with Crippen LogP contribution in [0.5, 0.6) is 5.75 Å². The van der Waals surface area contributed by atoms with Crippen molar-refractivity contribution in [2.75, 3.05) is 19.5 Å². The molecule has 1 fully saturated rings. The summed E-state index contributed by atoms with van der Waals surface area (Å²) < 4.78 is 5.41. The van der Waals surface area contributed by atoms with E-state index in [2.05, 4.69) is 32.7 Å². The molecule has 1 aliphatic carbocycles. The number of hydrogen-bond acceptors (Lipinski definition) is 5. The second-order valence-electron chi connectivity index (χ2n) is 8.35. The van der Waals surface area contributed by atoms with Gasteiger partial charge in [0.15, 0.2) is 0 Å². The number of methoxy groups -OCH3 is 1. The Morgan fingerprint density at radius 3 is 2.73 bits per heavy atom. The number of amides is 1. The summed E-state index contributed by atoms with van der Waals surface area (Å²) in [5, 5.41) is 7.50. The van der Waals surface area contributed by atoms with E-state index >= 15 is 0 Å². The predicted molar refractivity (Wildman–Crippen MR) is 129 cm³/mol. The van der Waals surface area contributed by atoms with Gasteiger partial charge in [-0.25, -0.2) is 9.97 Å². The zero-order valence-corrected chi connectivity index (χ0v) is 18.8. The maximum atomic E-state index is 13.3. The number of hydrogen-bond donors (Lipinski definition) is 3. The van der Waals surface area contributed by atoms with Crippen molar-refractivity contribution in [3.05, 3.63) is 83.4 Å². The normalized spacial score (nSPS) is 14.1. The number of nitrogens with one attached hydrogen (secondary N) is 3. The molecule has 1 aliphatic rings. The van der Waals surface area contributed by atoms with Crippen LogP contribution in [0, 0.1) is 0 Å². The number of rotatable bonds is 8. The average molecular weight is 442 g/mol. The molecular weight excluding hydrogens is 414 g/mol. The maximum Gasteiger partial charge on any atom is 0.255 e. The summed E-state index contributed by atoms with van der Waals surface area (Å²) in [4.78, 5) is 26.2. The van der Waals surface area contributed by atoms with E-state index in [1.54, 1.807) is 19.2 Å². The fourth-order valence-corrected chi connectivity index (χ4v) is 4.13. The number of aromatic nitrogens is 3. The van der Waals surface area contributed by atoms with E-state index in [1.807, 2.05) is 43.6 Å². The molecule has 3 N–H and O–H groups in total. The van der Waals surface area contributed by atoms with Gasteiger partial charge in [0.25, 0.3) is 5.91 Å². The lowest BCUT2D eigenvalue weighted by atomic mass is 10.0. The summed E-state index contributed by atoms with van der Waals surface area (Å²) >= 11 is 0. The zero-order chi connectivity index (χ0) is 22.8. The number of ether oxygens (including phenoxy) is 1. The monoisotopic (exact) mass is 441 g/mol. The molecule has 5 rings (SSSR count). The third-order valence-electron chi connectivity index (χ3n) is 6.07. The van der Waals surface area contributed by atoms with Crippen molar-refractivity contribution in [1.29, 1.82) is 0 Å². The fourth-order valence-electron chi connectivity index (χ4n) is 4.13. The number of carbonyl (C=O) groups excluding carboxylic acids is 1. The highest BCUT2D eigenvalue weighted by atomic mass is 16.5. The molecule has 1 atom stereocenters. The first-order valence-electron chi connectivity index (χ1n) is 11.2. The van der Waals surface area contributed by atoms with Gasteiger partial charge >= 0.3 is 0 Å². The van der Waals surface area contributed by atoms with Crippen molar-refractivity contribution in [3.8, 4) is 5.75 Å². The zero-order valence-electron chi connectivity index (χ0n) is 18.8. The van der Waals surface area contributed by atoms with Crippen LogP contribution >= 0.6 is 0 Å². The first kappa shape index (κ1) is 21.0. The number of fused-ring (bicyclic) bond motifs is 1. The molecule has 0 spiro atoms. The van der Waals surface area contributed by atoms with Crippen LogP contribution in [0.1, 0.15) is 52.2 Å². The number of H-pyrrole nitrogens is 1. The largest absolute Gasteiger partial charge is 0.496 e. The summed E-state index contributed by atoms with van der Waals surface area (Å²) in [6, 6.07) is 17.0. The van der Waals surface area contributed by atoms with Crippen molar-refractivity contribution in [1.82, 2.24) is 20.3 Å². The molecule has 7 heteroatoms. The lowest BCUT2D eigenvalue weighted by Gasteiger charge is -2.20. The van der Waals surface area contributed by atoms with Crippen LogP contribution in [0.4, 0.5) is 5.82 Å². The van der Waals surface area contributed by atoms with E-state index < -0.39 is 0 Å². The summed E-state index contributed by atoms with van der Waals surface area (Å²) in [5.74, 6) is 2.34. The number of anilines is 1. The molecule has 2 aromatic heterocycles. The van der Waals surface area contributed by atoms with Crippen LogP contribution in [0.25, 0.3) is 10.9 Å². The van der Waals surface area contributed by atoms with Gasteiger partial charge in [0.05, 0.1) is 24.4 Å². The molecule has 0 aliphatic heterocycles. The Hall–Kier alpha value is -3.87. The fraction of sp³-hybridized carbons (Fsp3) is 0.269. The van der Waals surface area contributed by atoms with E-state index in [0.717, 1.165) is 46.6 Å². The Kier molecular flexibility index (Phi) is 5.69. The highest BCUT2D eigenvalue weighted by Gasteiger charge is 2.29. The highest BCUT2D eigenvalue weighted by Crippen LogP contribution is 2.39. The molecule has 0 bridgehead atoms. The Morgan fingerprint density at radius 2 is 1.94 bits per heavy atom. The van der Waals surface area contributed by atoms with Crippen LogP contribution in [-0.2, 0) is 6.42 Å². The minimum absolute atomic E-state index is 0.199. The van der Waals surface area contributed by atoms with Crippen LogP contribution in [0.2, 0.25) is 0 Å². The molecule has 7 nitrogen and oxygen atoms in total. The second-order valence-corrected chi connectivity index (χ2v) is 8.35. The summed E-state index contributed by atoms with van der Waals surface area (Å²) in [6.07, 6.45) is 4.81. The Bertz CT molecular complexity index is 1290. The van der Waals surface area contributed by atoms with Crippen LogP contribution < -0.4 is 15.4 Å². The first-order valence-corrected chi connectivity index (χ1v) is 11.2. The van der Waals surface area contributed by atoms with Gasteiger partial charge in [-0.3, -0.25) is 4.79 Å². The number of para-hydroxylation sites is 2. The van der Waals surface area contributed by atoms with Gasteiger partial charge in [-0.15, -0.1) is 0 Å². The second kappa shape index (κ2) is 8.94. The molecule has 168 valence electrons. The van der Waals surface area contributed by atoms with Crippen molar-refractivity contribution in [2.45, 2.75) is 31.2 Å². The van der Waals surface area contributed by atoms with E-state index in [1.165, 1.54) is 0 Å². The number of nitrogens with zero attached hydrogens (tertiary/aromatic N) is 2. The predicted octanol–water partition coefficient (Wildman–Crippen LogP) is 4.60. The van der Waals surface area contributed by atoms with Gasteiger partial charge in [0.1, 0.15) is 17.4 Å². The van der Waals surface area contributed by atoms with Crippen LogP contribution in [0.15, 0.2) is 60.8 Å². The Balaban J connectivity index is 1.53. The number of carbonyl (C=O) groups is 1. The van der Waals surface area contributed by atoms with Crippen molar-refractivity contribution in [2.24, 2.45) is 0 Å². The van der Waals surface area contributed by atoms with Gasteiger partial charge in [-0.2, -0.15) is 0 Å². The standard InChI is InChI=1S/C26H27N5O2/c1-27-24-14-22(29-25(31-24)16-11-12-16)21(13-17-15-28-20-9-5-3-7-18(17)20)30-26(32)19-8-4-6-10-23(19)33-2/h3-10,14-16,21,28H,11-13H2,1-2H3,(H,30,32)(H,27,29,31)/t21-/m1/s1. The number of aromatic amines is 1. The molecule has 2 aromatic carbocycles. The quantitative estimate of drug-likeness (QED) is 0.372. The van der Waals surface area contributed by atoms with Gasteiger partial charge in [-0.1, -0.05) is 30.3 Å². The maximum absolute atomic E-state index is 13.3. The minimum Gasteiger partial charge on any atom is -0.496 e. The molecule has 0 saturated heterocycles. The molecule has 1 saturated carbocycles. The van der Waals surface area contributed by atoms with Crippen LogP contribution in [0.3, 0.4) is 0 Å². The van der Waals surface area contributed by atoms with Gasteiger partial charge in [-0.05, 0) is 36.6 Å². The van der Waals surface area contributed by atoms with Gasteiger partial charge in [0, 0.05) is 42.6 Å². The third kappa shape index (κ3) is 4.39. The van der Waals surface area contributed by atoms with E-state index in [-0.39, 0.29) is 11.9 Å².